The van der Waals surface area contributed by atoms with Gasteiger partial charge in [0.1, 0.15) is 0 Å². The van der Waals surface area contributed by atoms with Gasteiger partial charge in [-0.15, -0.1) is 0 Å². The van der Waals surface area contributed by atoms with Crippen molar-refractivity contribution in [3.63, 3.8) is 0 Å². The van der Waals surface area contributed by atoms with Crippen LogP contribution < -0.4 is 4.90 Å². The van der Waals surface area contributed by atoms with Crippen LogP contribution in [0.5, 0.6) is 0 Å². The van der Waals surface area contributed by atoms with Gasteiger partial charge < -0.3 is 9.47 Å². The van der Waals surface area contributed by atoms with Crippen molar-refractivity contribution in [1.29, 1.82) is 0 Å². The fourth-order valence-electron chi connectivity index (χ4n) is 9.19. The van der Waals surface area contributed by atoms with Crippen LogP contribution in [-0.2, 0) is 0 Å². The van der Waals surface area contributed by atoms with E-state index in [1.807, 2.05) is 66.7 Å². The first-order valence-electron chi connectivity index (χ1n) is 20.9. The maximum Gasteiger partial charge on any atom is 0.234 e. The van der Waals surface area contributed by atoms with E-state index >= 15 is 0 Å². The molecule has 7 heteroatoms. The van der Waals surface area contributed by atoms with Gasteiger partial charge in [0.15, 0.2) is 17.5 Å². The number of hydrogen-bond acceptors (Lipinski definition) is 6. The second-order valence-corrected chi connectivity index (χ2v) is 15.7. The van der Waals surface area contributed by atoms with Crippen molar-refractivity contribution >= 4 is 33.4 Å². The van der Waals surface area contributed by atoms with E-state index in [-0.39, 0.29) is 12.0 Å². The molecule has 62 heavy (non-hydrogen) atoms. The normalized spacial score (nSPS) is 15.3. The van der Waals surface area contributed by atoms with E-state index in [0.717, 1.165) is 50.6 Å². The van der Waals surface area contributed by atoms with Gasteiger partial charge in [-0.3, -0.25) is 0 Å². The lowest BCUT2D eigenvalue weighted by Crippen LogP contribution is -2.30. The molecular weight excluding hydrogens is 759 g/mol. The Hall–Kier alpha value is -8.29. The van der Waals surface area contributed by atoms with Crippen molar-refractivity contribution in [2.24, 2.45) is 0 Å². The van der Waals surface area contributed by atoms with E-state index in [4.69, 9.17) is 24.9 Å². The van der Waals surface area contributed by atoms with Crippen LogP contribution in [0.2, 0.25) is 0 Å². The van der Waals surface area contributed by atoms with Gasteiger partial charge in [0.2, 0.25) is 5.95 Å². The molecule has 0 fully saturated rings. The van der Waals surface area contributed by atoms with Crippen LogP contribution in [0.3, 0.4) is 0 Å². The Morgan fingerprint density at radius 3 is 1.69 bits per heavy atom. The lowest BCUT2D eigenvalue weighted by atomic mass is 9.89. The number of allylic oxidation sites excluding steroid dienone is 2. The summed E-state index contributed by atoms with van der Waals surface area (Å²) in [6.45, 7) is 0. The van der Waals surface area contributed by atoms with Crippen LogP contribution in [0.1, 0.15) is 11.5 Å². The van der Waals surface area contributed by atoms with Crippen LogP contribution >= 0.6 is 0 Å². The first-order chi connectivity index (χ1) is 30.7. The average molecular weight is 796 g/mol. The third-order valence-corrected chi connectivity index (χ3v) is 12.0. The van der Waals surface area contributed by atoms with Crippen molar-refractivity contribution in [3.05, 3.63) is 218 Å². The molecular formula is C55H37N7. The molecule has 7 aromatic carbocycles. The minimum Gasteiger partial charge on any atom is -0.309 e. The average Bonchev–Trinajstić information content (AvgIpc) is 3.88. The zero-order valence-corrected chi connectivity index (χ0v) is 33.5. The van der Waals surface area contributed by atoms with E-state index in [9.17, 15) is 0 Å². The molecule has 1 aliphatic carbocycles. The van der Waals surface area contributed by atoms with Crippen molar-refractivity contribution in [3.8, 4) is 62.4 Å². The van der Waals surface area contributed by atoms with Gasteiger partial charge in [-0.25, -0.2) is 15.0 Å². The predicted molar refractivity (Wildman–Crippen MR) is 250 cm³/mol. The number of aromatic nitrogens is 6. The highest BCUT2D eigenvalue weighted by atomic mass is 15.3. The molecule has 2 unspecified atom stereocenters. The Labute approximate surface area is 358 Å². The van der Waals surface area contributed by atoms with E-state index in [2.05, 4.69) is 155 Å². The third kappa shape index (κ3) is 6.01. The molecule has 0 N–H and O–H groups in total. The number of benzene rings is 7. The molecule has 0 spiro atoms. The fourth-order valence-corrected chi connectivity index (χ4v) is 9.19. The topological polar surface area (TPSA) is 72.6 Å². The maximum atomic E-state index is 5.37. The van der Waals surface area contributed by atoms with Gasteiger partial charge in [0.25, 0.3) is 0 Å². The summed E-state index contributed by atoms with van der Waals surface area (Å²) in [5.74, 6) is 2.53. The van der Waals surface area contributed by atoms with Crippen molar-refractivity contribution in [2.45, 2.75) is 12.0 Å². The van der Waals surface area contributed by atoms with Crippen LogP contribution in [0.4, 0.5) is 11.6 Å². The molecule has 10 aromatic rings. The molecule has 0 bridgehead atoms. The lowest BCUT2D eigenvalue weighted by Gasteiger charge is -2.27. The number of nitrogens with zero attached hydrogens (tertiary/aromatic N) is 7. The molecule has 4 heterocycles. The molecule has 0 saturated carbocycles. The van der Waals surface area contributed by atoms with Gasteiger partial charge in [-0.2, -0.15) is 9.97 Å². The molecule has 12 rings (SSSR count). The Morgan fingerprint density at radius 2 is 0.968 bits per heavy atom. The van der Waals surface area contributed by atoms with Crippen molar-refractivity contribution in [1.82, 2.24) is 29.5 Å². The summed E-state index contributed by atoms with van der Waals surface area (Å²) in [4.78, 5) is 28.3. The van der Waals surface area contributed by atoms with E-state index in [0.29, 0.717) is 23.4 Å². The van der Waals surface area contributed by atoms with E-state index in [1.165, 1.54) is 27.4 Å². The van der Waals surface area contributed by atoms with E-state index in [1.54, 1.807) is 0 Å². The number of hydrogen-bond donors (Lipinski definition) is 0. The fraction of sp³-hybridized carbons (Fsp3) is 0.0364. The van der Waals surface area contributed by atoms with Crippen LogP contribution in [0.15, 0.2) is 212 Å². The largest absolute Gasteiger partial charge is 0.309 e. The maximum absolute atomic E-state index is 5.37. The second kappa shape index (κ2) is 14.8. The molecule has 0 radical (unpaired) electrons. The Kier molecular flexibility index (Phi) is 8.49. The number of fused-ring (bicyclic) bond motifs is 7. The third-order valence-electron chi connectivity index (χ3n) is 12.0. The van der Waals surface area contributed by atoms with Gasteiger partial charge in [0, 0.05) is 55.9 Å². The van der Waals surface area contributed by atoms with Crippen LogP contribution in [0.25, 0.3) is 84.2 Å². The van der Waals surface area contributed by atoms with Crippen LogP contribution in [0, 0.1) is 0 Å². The predicted octanol–water partition coefficient (Wildman–Crippen LogP) is 12.8. The highest BCUT2D eigenvalue weighted by Crippen LogP contribution is 2.52. The SMILES string of the molecule is C1=CC2c3c(ccc4c3c3ccccc3n4-c3ccccc3)N(c3nc(-c4ccccc4)nc(-c4cccc(-c5cc(-c6ccccc6)nc(-c6ccccc6)n5)c4)n3)C2C=C1. The summed E-state index contributed by atoms with van der Waals surface area (Å²) in [5, 5.41) is 2.47. The molecule has 2 atom stereocenters. The molecule has 3 aromatic heterocycles. The molecule has 2 aliphatic rings. The van der Waals surface area contributed by atoms with Gasteiger partial charge in [-0.05, 0) is 48.0 Å². The van der Waals surface area contributed by atoms with Crippen LogP contribution in [-0.4, -0.2) is 35.5 Å². The quantitative estimate of drug-likeness (QED) is 0.160. The van der Waals surface area contributed by atoms with E-state index < -0.39 is 0 Å². The highest BCUT2D eigenvalue weighted by Gasteiger charge is 2.41. The lowest BCUT2D eigenvalue weighted by molar-refractivity contribution is 0.730. The summed E-state index contributed by atoms with van der Waals surface area (Å²) < 4.78 is 2.38. The zero-order chi connectivity index (χ0) is 41.0. The highest BCUT2D eigenvalue weighted by molar-refractivity contribution is 6.13. The Balaban J connectivity index is 1.04. The number of para-hydroxylation sites is 2. The molecule has 1 aliphatic heterocycles. The minimum atomic E-state index is -0.0431. The smallest absolute Gasteiger partial charge is 0.234 e. The molecule has 7 nitrogen and oxygen atoms in total. The summed E-state index contributed by atoms with van der Waals surface area (Å²) in [6.07, 6.45) is 8.92. The summed E-state index contributed by atoms with van der Waals surface area (Å²) >= 11 is 0. The zero-order valence-electron chi connectivity index (χ0n) is 33.5. The Morgan fingerprint density at radius 1 is 0.403 bits per heavy atom. The number of anilines is 2. The molecule has 292 valence electrons. The van der Waals surface area contributed by atoms with Gasteiger partial charge >= 0.3 is 0 Å². The first kappa shape index (κ1) is 35.6. The minimum absolute atomic E-state index is 0.0431. The van der Waals surface area contributed by atoms with Gasteiger partial charge in [0.05, 0.1) is 28.5 Å². The first-order valence-corrected chi connectivity index (χ1v) is 20.9. The summed E-state index contributed by atoms with van der Waals surface area (Å²) in [7, 11) is 0. The van der Waals surface area contributed by atoms with Crippen molar-refractivity contribution in [2.75, 3.05) is 4.90 Å². The Bertz CT molecular complexity index is 3300. The van der Waals surface area contributed by atoms with Gasteiger partial charge in [-0.1, -0.05) is 170 Å². The van der Waals surface area contributed by atoms with Crippen molar-refractivity contribution < 1.29 is 0 Å². The number of rotatable bonds is 7. The molecule has 0 saturated heterocycles. The summed E-state index contributed by atoms with van der Waals surface area (Å²) in [5.41, 5.74) is 12.2. The molecule has 0 amide bonds. The summed E-state index contributed by atoms with van der Waals surface area (Å²) in [6, 6.07) is 64.8. The monoisotopic (exact) mass is 795 g/mol. The standard InChI is InChI=1S/C55H37N7/c1-5-18-36(19-6-1)44-35-45(57-52(56-44)37-20-7-2-8-21-37)39-24-17-25-40(34-39)54-58-53(38-22-9-3-10-23-38)59-55(60-54)62-47-31-16-14-29-43(47)51-49(62)33-32-48-50(51)42-28-13-15-30-46(42)61(48)41-26-11-4-12-27-41/h1-35,43,47H. The second-order valence-electron chi connectivity index (χ2n) is 15.7.